The summed E-state index contributed by atoms with van der Waals surface area (Å²) in [5.74, 6) is -1.57. The first-order valence-electron chi connectivity index (χ1n) is 10.8. The second-order valence-electron chi connectivity index (χ2n) is 7.86. The highest BCUT2D eigenvalue weighted by Gasteiger charge is 2.30. The van der Waals surface area contributed by atoms with Crippen LogP contribution in [-0.4, -0.2) is 47.3 Å². The predicted octanol–water partition coefficient (Wildman–Crippen LogP) is 3.06. The van der Waals surface area contributed by atoms with E-state index in [1.807, 2.05) is 36.4 Å². The van der Waals surface area contributed by atoms with Crippen LogP contribution in [0.1, 0.15) is 29.2 Å². The van der Waals surface area contributed by atoms with Crippen molar-refractivity contribution in [3.8, 4) is 11.1 Å². The number of carbonyl (C=O) groups is 3. The van der Waals surface area contributed by atoms with Crippen LogP contribution in [0.15, 0.2) is 66.9 Å². The number of ether oxygens (including phenoxy) is 1. The second-order valence-corrected chi connectivity index (χ2v) is 7.86. The van der Waals surface area contributed by atoms with E-state index in [-0.39, 0.29) is 31.9 Å². The number of hydrogen-bond donors (Lipinski definition) is 4. The van der Waals surface area contributed by atoms with Gasteiger partial charge in [-0.25, -0.2) is 4.79 Å². The molecule has 4 rings (SSSR count). The van der Waals surface area contributed by atoms with Crippen LogP contribution in [0, 0.1) is 0 Å². The van der Waals surface area contributed by atoms with E-state index < -0.39 is 24.0 Å². The molecule has 1 unspecified atom stereocenters. The van der Waals surface area contributed by atoms with Crippen LogP contribution in [-0.2, 0) is 20.7 Å². The number of carboxylic acid groups (broad SMARTS) is 1. The van der Waals surface area contributed by atoms with E-state index >= 15 is 0 Å². The summed E-state index contributed by atoms with van der Waals surface area (Å²) in [5.41, 5.74) is 5.21. The van der Waals surface area contributed by atoms with Crippen LogP contribution >= 0.6 is 0 Å². The fraction of sp³-hybridized carbons (Fsp3) is 0.240. The maximum absolute atomic E-state index is 12.6. The van der Waals surface area contributed by atoms with E-state index in [9.17, 15) is 14.4 Å². The molecule has 1 aliphatic carbocycles. The molecule has 2 aromatic carbocycles. The number of aromatic nitrogens is 1. The molecule has 2 amide bonds. The van der Waals surface area contributed by atoms with Crippen LogP contribution in [0.5, 0.6) is 0 Å². The predicted molar refractivity (Wildman–Crippen MR) is 122 cm³/mol. The van der Waals surface area contributed by atoms with E-state index in [0.717, 1.165) is 27.9 Å². The number of fused-ring (bicyclic) bond motifs is 3. The highest BCUT2D eigenvalue weighted by Crippen LogP contribution is 2.44. The second kappa shape index (κ2) is 10.0. The van der Waals surface area contributed by atoms with Crippen molar-refractivity contribution in [1.29, 1.82) is 0 Å². The molecule has 1 heterocycles. The standard InChI is InChI=1S/C25H25N3O5/c29-23(30)11-13-27-24(31)22(14-16-6-5-12-26-16)28-25(32)33-15-21-19-9-3-1-7-17(19)18-8-2-4-10-20(18)21/h1-10,12,21-22,26H,11,13-15H2,(H,27,31)(H,28,32)(H,29,30). The maximum Gasteiger partial charge on any atom is 0.407 e. The van der Waals surface area contributed by atoms with Gasteiger partial charge in [-0.3, -0.25) is 9.59 Å². The fourth-order valence-corrected chi connectivity index (χ4v) is 4.12. The zero-order valence-electron chi connectivity index (χ0n) is 17.9. The van der Waals surface area contributed by atoms with Crippen LogP contribution in [0.3, 0.4) is 0 Å². The molecule has 4 N–H and O–H groups in total. The Morgan fingerprint density at radius 1 is 0.970 bits per heavy atom. The monoisotopic (exact) mass is 447 g/mol. The summed E-state index contributed by atoms with van der Waals surface area (Å²) in [5, 5.41) is 14.0. The first kappa shape index (κ1) is 22.1. The Bertz CT molecular complexity index is 1100. The van der Waals surface area contributed by atoms with Crippen molar-refractivity contribution in [2.45, 2.75) is 24.8 Å². The van der Waals surface area contributed by atoms with Gasteiger partial charge in [0, 0.05) is 30.8 Å². The fourth-order valence-electron chi connectivity index (χ4n) is 4.12. The molecular weight excluding hydrogens is 422 g/mol. The van der Waals surface area contributed by atoms with Gasteiger partial charge in [0.1, 0.15) is 12.6 Å². The Kier molecular flexibility index (Phi) is 6.73. The maximum atomic E-state index is 12.6. The number of aromatic amines is 1. The molecule has 1 aromatic heterocycles. The van der Waals surface area contributed by atoms with Crippen LogP contribution in [0.2, 0.25) is 0 Å². The minimum absolute atomic E-state index is 0.0260. The normalized spacial score (nSPS) is 13.0. The minimum atomic E-state index is -1.01. The summed E-state index contributed by atoms with van der Waals surface area (Å²) >= 11 is 0. The number of benzene rings is 2. The third-order valence-corrected chi connectivity index (χ3v) is 5.68. The lowest BCUT2D eigenvalue weighted by molar-refractivity contribution is -0.137. The van der Waals surface area contributed by atoms with Crippen LogP contribution in [0.4, 0.5) is 4.79 Å². The van der Waals surface area contributed by atoms with E-state index in [0.29, 0.717) is 0 Å². The highest BCUT2D eigenvalue weighted by atomic mass is 16.5. The van der Waals surface area contributed by atoms with Crippen molar-refractivity contribution in [3.63, 3.8) is 0 Å². The van der Waals surface area contributed by atoms with Gasteiger partial charge in [-0.15, -0.1) is 0 Å². The van der Waals surface area contributed by atoms with Gasteiger partial charge in [-0.1, -0.05) is 48.5 Å². The summed E-state index contributed by atoms with van der Waals surface area (Å²) < 4.78 is 5.55. The zero-order chi connectivity index (χ0) is 23.2. The van der Waals surface area contributed by atoms with Crippen LogP contribution in [0.25, 0.3) is 11.1 Å². The summed E-state index contributed by atoms with van der Waals surface area (Å²) in [4.78, 5) is 38.9. The largest absolute Gasteiger partial charge is 0.481 e. The highest BCUT2D eigenvalue weighted by molar-refractivity contribution is 5.86. The molecule has 0 aliphatic heterocycles. The van der Waals surface area contributed by atoms with Crippen molar-refractivity contribution in [2.75, 3.05) is 13.2 Å². The quantitative estimate of drug-likeness (QED) is 0.402. The molecule has 0 saturated carbocycles. The molecule has 33 heavy (non-hydrogen) atoms. The summed E-state index contributed by atoms with van der Waals surface area (Å²) in [6.07, 6.45) is 1.03. The lowest BCUT2D eigenvalue weighted by atomic mass is 9.98. The van der Waals surface area contributed by atoms with Crippen molar-refractivity contribution in [2.24, 2.45) is 0 Å². The number of carboxylic acids is 1. The number of carbonyl (C=O) groups excluding carboxylic acids is 2. The summed E-state index contributed by atoms with van der Waals surface area (Å²) in [7, 11) is 0. The Hall–Kier alpha value is -4.07. The van der Waals surface area contributed by atoms with Crippen molar-refractivity contribution in [3.05, 3.63) is 83.7 Å². The van der Waals surface area contributed by atoms with Gasteiger partial charge in [0.25, 0.3) is 0 Å². The molecule has 8 heteroatoms. The van der Waals surface area contributed by atoms with Crippen molar-refractivity contribution < 1.29 is 24.2 Å². The van der Waals surface area contributed by atoms with E-state index in [1.54, 1.807) is 18.3 Å². The molecule has 1 aliphatic rings. The van der Waals surface area contributed by atoms with Gasteiger partial charge >= 0.3 is 12.1 Å². The van der Waals surface area contributed by atoms with Crippen LogP contribution < -0.4 is 10.6 Å². The molecule has 0 fully saturated rings. The molecule has 0 bridgehead atoms. The SMILES string of the molecule is O=C(O)CCNC(=O)C(Cc1ccc[nH]1)NC(=O)OCC1c2ccccc2-c2ccccc21. The van der Waals surface area contributed by atoms with Crippen molar-refractivity contribution >= 4 is 18.0 Å². The molecule has 3 aromatic rings. The number of rotatable bonds is 9. The van der Waals surface area contributed by atoms with E-state index in [2.05, 4.69) is 27.8 Å². The number of aliphatic carboxylic acids is 1. The molecular formula is C25H25N3O5. The lowest BCUT2D eigenvalue weighted by Crippen LogP contribution is -2.48. The van der Waals surface area contributed by atoms with Gasteiger partial charge in [-0.05, 0) is 34.4 Å². The van der Waals surface area contributed by atoms with Gasteiger partial charge in [-0.2, -0.15) is 0 Å². The average Bonchev–Trinajstić information content (AvgIpc) is 3.43. The summed E-state index contributed by atoms with van der Waals surface area (Å²) in [6, 6.07) is 18.8. The number of alkyl carbamates (subject to hydrolysis) is 1. The topological polar surface area (TPSA) is 121 Å². The van der Waals surface area contributed by atoms with E-state index in [4.69, 9.17) is 9.84 Å². The first-order chi connectivity index (χ1) is 16.0. The Balaban J connectivity index is 1.41. The average molecular weight is 447 g/mol. The minimum Gasteiger partial charge on any atom is -0.481 e. The lowest BCUT2D eigenvalue weighted by Gasteiger charge is -2.19. The van der Waals surface area contributed by atoms with Crippen molar-refractivity contribution in [1.82, 2.24) is 15.6 Å². The molecule has 1 atom stereocenters. The molecule has 170 valence electrons. The number of hydrogen-bond acceptors (Lipinski definition) is 4. The van der Waals surface area contributed by atoms with Gasteiger partial charge in [0.2, 0.25) is 5.91 Å². The molecule has 0 radical (unpaired) electrons. The number of nitrogens with one attached hydrogen (secondary N) is 3. The van der Waals surface area contributed by atoms with Gasteiger partial charge in [0.15, 0.2) is 0 Å². The van der Waals surface area contributed by atoms with Gasteiger partial charge in [0.05, 0.1) is 6.42 Å². The Morgan fingerprint density at radius 3 is 2.24 bits per heavy atom. The number of H-pyrrole nitrogens is 1. The first-order valence-corrected chi connectivity index (χ1v) is 10.8. The smallest absolute Gasteiger partial charge is 0.407 e. The molecule has 0 spiro atoms. The Labute approximate surface area is 191 Å². The molecule has 8 nitrogen and oxygen atoms in total. The van der Waals surface area contributed by atoms with Gasteiger partial charge < -0.3 is 25.5 Å². The third-order valence-electron chi connectivity index (χ3n) is 5.68. The Morgan fingerprint density at radius 2 is 1.64 bits per heavy atom. The third kappa shape index (κ3) is 5.23. The zero-order valence-corrected chi connectivity index (χ0v) is 17.9. The summed E-state index contributed by atoms with van der Waals surface area (Å²) in [6.45, 7) is 0.109. The molecule has 0 saturated heterocycles. The van der Waals surface area contributed by atoms with E-state index in [1.165, 1.54) is 0 Å². The number of amides is 2.